The molecular formula is C18H21NO2. The first-order valence-corrected chi connectivity index (χ1v) is 7.57. The molecular weight excluding hydrogens is 262 g/mol. The third-order valence-corrected chi connectivity index (χ3v) is 3.67. The molecule has 0 unspecified atom stereocenters. The smallest absolute Gasteiger partial charge is 0.142 e. The van der Waals surface area contributed by atoms with E-state index < -0.39 is 0 Å². The minimum atomic E-state index is 0.684. The summed E-state index contributed by atoms with van der Waals surface area (Å²) in [6.07, 6.45) is 2.03. The maximum atomic E-state index is 5.62. The zero-order valence-corrected chi connectivity index (χ0v) is 12.4. The van der Waals surface area contributed by atoms with Crippen molar-refractivity contribution in [3.05, 3.63) is 53.6 Å². The lowest BCUT2D eigenvalue weighted by atomic mass is 10.1. The number of hydrogen-bond donors (Lipinski definition) is 1. The van der Waals surface area contributed by atoms with Gasteiger partial charge in [-0.15, -0.1) is 0 Å². The fourth-order valence-corrected chi connectivity index (χ4v) is 2.63. The Hall–Kier alpha value is -2.16. The maximum Gasteiger partial charge on any atom is 0.142 e. The third-order valence-electron chi connectivity index (χ3n) is 3.67. The van der Waals surface area contributed by atoms with Gasteiger partial charge in [0.15, 0.2) is 0 Å². The quantitative estimate of drug-likeness (QED) is 0.877. The van der Waals surface area contributed by atoms with Gasteiger partial charge in [0.05, 0.1) is 18.9 Å². The highest BCUT2D eigenvalue weighted by Crippen LogP contribution is 2.26. The standard InChI is InChI=1S/C18H21NO2/c1-2-20-18-6-4-3-5-16(18)19-11-9-14-7-8-17-15(13-14)10-12-21-17/h3-8,13,19H,2,9-12H2,1H3. The van der Waals surface area contributed by atoms with Gasteiger partial charge in [-0.1, -0.05) is 24.3 Å². The van der Waals surface area contributed by atoms with Crippen molar-refractivity contribution in [1.82, 2.24) is 0 Å². The monoisotopic (exact) mass is 283 g/mol. The lowest BCUT2D eigenvalue weighted by Gasteiger charge is -2.12. The molecule has 0 radical (unpaired) electrons. The lowest BCUT2D eigenvalue weighted by molar-refractivity contribution is 0.341. The van der Waals surface area contributed by atoms with Crippen LogP contribution in [0, 0.1) is 0 Å². The largest absolute Gasteiger partial charge is 0.493 e. The van der Waals surface area contributed by atoms with Crippen LogP contribution in [0.15, 0.2) is 42.5 Å². The van der Waals surface area contributed by atoms with Crippen LogP contribution in [0.1, 0.15) is 18.1 Å². The highest BCUT2D eigenvalue weighted by Gasteiger charge is 2.11. The van der Waals surface area contributed by atoms with Gasteiger partial charge in [0, 0.05) is 13.0 Å². The molecule has 0 spiro atoms. The van der Waals surface area contributed by atoms with Crippen LogP contribution in [0.5, 0.6) is 11.5 Å². The van der Waals surface area contributed by atoms with Gasteiger partial charge in [0.2, 0.25) is 0 Å². The van der Waals surface area contributed by atoms with E-state index in [0.717, 1.165) is 43.2 Å². The third kappa shape index (κ3) is 3.30. The van der Waals surface area contributed by atoms with E-state index in [9.17, 15) is 0 Å². The summed E-state index contributed by atoms with van der Waals surface area (Å²) < 4.78 is 11.2. The van der Waals surface area contributed by atoms with Gasteiger partial charge in [-0.3, -0.25) is 0 Å². The molecule has 2 aromatic carbocycles. The first-order valence-electron chi connectivity index (χ1n) is 7.57. The van der Waals surface area contributed by atoms with Crippen molar-refractivity contribution in [3.8, 4) is 11.5 Å². The van der Waals surface area contributed by atoms with Crippen molar-refractivity contribution in [3.63, 3.8) is 0 Å². The fraction of sp³-hybridized carbons (Fsp3) is 0.333. The molecule has 1 aliphatic heterocycles. The van der Waals surface area contributed by atoms with E-state index >= 15 is 0 Å². The van der Waals surface area contributed by atoms with Crippen molar-refractivity contribution < 1.29 is 9.47 Å². The summed E-state index contributed by atoms with van der Waals surface area (Å²) in [7, 11) is 0. The van der Waals surface area contributed by atoms with E-state index in [-0.39, 0.29) is 0 Å². The number of benzene rings is 2. The number of para-hydroxylation sites is 2. The van der Waals surface area contributed by atoms with Crippen molar-refractivity contribution in [2.75, 3.05) is 25.1 Å². The number of ether oxygens (including phenoxy) is 2. The molecule has 0 fully saturated rings. The normalized spacial score (nSPS) is 12.6. The zero-order valence-electron chi connectivity index (χ0n) is 12.4. The second-order valence-electron chi connectivity index (χ2n) is 5.15. The van der Waals surface area contributed by atoms with Crippen LogP contribution >= 0.6 is 0 Å². The summed E-state index contributed by atoms with van der Waals surface area (Å²) in [5, 5.41) is 3.46. The van der Waals surface area contributed by atoms with Crippen molar-refractivity contribution in [1.29, 1.82) is 0 Å². The van der Waals surface area contributed by atoms with Crippen LogP contribution in [0.25, 0.3) is 0 Å². The average molecular weight is 283 g/mol. The van der Waals surface area contributed by atoms with Gasteiger partial charge in [-0.05, 0) is 42.7 Å². The molecule has 0 saturated heterocycles. The SMILES string of the molecule is CCOc1ccccc1NCCc1ccc2c(c1)CCO2. The highest BCUT2D eigenvalue weighted by molar-refractivity contribution is 5.56. The Balaban J connectivity index is 1.59. The van der Waals surface area contributed by atoms with Gasteiger partial charge in [0.1, 0.15) is 11.5 Å². The first-order chi connectivity index (χ1) is 10.4. The summed E-state index contributed by atoms with van der Waals surface area (Å²) in [4.78, 5) is 0. The molecule has 3 nitrogen and oxygen atoms in total. The van der Waals surface area contributed by atoms with Crippen LogP contribution in [0.4, 0.5) is 5.69 Å². The lowest BCUT2D eigenvalue weighted by Crippen LogP contribution is -2.06. The summed E-state index contributed by atoms with van der Waals surface area (Å²) in [5.41, 5.74) is 3.74. The molecule has 1 N–H and O–H groups in total. The van der Waals surface area contributed by atoms with Crippen LogP contribution in [0.2, 0.25) is 0 Å². The van der Waals surface area contributed by atoms with Crippen LogP contribution in [-0.2, 0) is 12.8 Å². The summed E-state index contributed by atoms with van der Waals surface area (Å²) >= 11 is 0. The molecule has 2 aromatic rings. The average Bonchev–Trinajstić information content (AvgIpc) is 2.97. The first kappa shape index (κ1) is 13.8. The summed E-state index contributed by atoms with van der Waals surface area (Å²) in [5.74, 6) is 1.97. The van der Waals surface area contributed by atoms with Gasteiger partial charge in [-0.2, -0.15) is 0 Å². The van der Waals surface area contributed by atoms with E-state index in [4.69, 9.17) is 9.47 Å². The molecule has 1 aliphatic rings. The molecule has 0 bridgehead atoms. The zero-order chi connectivity index (χ0) is 14.5. The molecule has 0 aliphatic carbocycles. The van der Waals surface area contributed by atoms with Gasteiger partial charge in [-0.25, -0.2) is 0 Å². The second-order valence-corrected chi connectivity index (χ2v) is 5.15. The Morgan fingerprint density at radius 3 is 3.00 bits per heavy atom. The van der Waals surface area contributed by atoms with E-state index in [1.807, 2.05) is 25.1 Å². The molecule has 3 rings (SSSR count). The molecule has 3 heteroatoms. The number of anilines is 1. The Labute approximate surface area is 125 Å². The topological polar surface area (TPSA) is 30.5 Å². The van der Waals surface area contributed by atoms with Gasteiger partial charge in [0.25, 0.3) is 0 Å². The number of nitrogens with one attached hydrogen (secondary N) is 1. The summed E-state index contributed by atoms with van der Waals surface area (Å²) in [6, 6.07) is 14.6. The molecule has 0 saturated carbocycles. The Morgan fingerprint density at radius 2 is 2.10 bits per heavy atom. The fourth-order valence-electron chi connectivity index (χ4n) is 2.63. The Bertz CT molecular complexity index is 610. The van der Waals surface area contributed by atoms with Crippen LogP contribution < -0.4 is 14.8 Å². The van der Waals surface area contributed by atoms with E-state index in [1.54, 1.807) is 0 Å². The van der Waals surface area contributed by atoms with E-state index in [2.05, 4.69) is 29.6 Å². The van der Waals surface area contributed by atoms with Gasteiger partial charge < -0.3 is 14.8 Å². The van der Waals surface area contributed by atoms with Crippen molar-refractivity contribution in [2.24, 2.45) is 0 Å². The van der Waals surface area contributed by atoms with Gasteiger partial charge >= 0.3 is 0 Å². The molecule has 0 aromatic heterocycles. The predicted octanol–water partition coefficient (Wildman–Crippen LogP) is 3.67. The molecule has 1 heterocycles. The Kier molecular flexibility index (Phi) is 4.29. The maximum absolute atomic E-state index is 5.62. The van der Waals surface area contributed by atoms with E-state index in [0.29, 0.717) is 6.61 Å². The molecule has 110 valence electrons. The number of hydrogen-bond acceptors (Lipinski definition) is 3. The van der Waals surface area contributed by atoms with Crippen LogP contribution in [0.3, 0.4) is 0 Å². The Morgan fingerprint density at radius 1 is 1.19 bits per heavy atom. The number of rotatable bonds is 6. The minimum Gasteiger partial charge on any atom is -0.493 e. The molecule has 21 heavy (non-hydrogen) atoms. The van der Waals surface area contributed by atoms with Crippen molar-refractivity contribution in [2.45, 2.75) is 19.8 Å². The van der Waals surface area contributed by atoms with Crippen molar-refractivity contribution >= 4 is 5.69 Å². The van der Waals surface area contributed by atoms with E-state index in [1.165, 1.54) is 11.1 Å². The molecule has 0 amide bonds. The minimum absolute atomic E-state index is 0.684. The summed E-state index contributed by atoms with van der Waals surface area (Å²) in [6.45, 7) is 4.40. The number of fused-ring (bicyclic) bond motifs is 1. The van der Waals surface area contributed by atoms with Crippen LogP contribution in [-0.4, -0.2) is 19.8 Å². The molecule has 0 atom stereocenters. The highest BCUT2D eigenvalue weighted by atomic mass is 16.5. The second kappa shape index (κ2) is 6.53. The predicted molar refractivity (Wildman–Crippen MR) is 85.4 cm³/mol.